The highest BCUT2D eigenvalue weighted by Gasteiger charge is 2.23. The van der Waals surface area contributed by atoms with E-state index < -0.39 is 5.60 Å². The molecule has 1 aromatic rings. The van der Waals surface area contributed by atoms with Crippen molar-refractivity contribution in [1.29, 1.82) is 0 Å². The Labute approximate surface area is 130 Å². The van der Waals surface area contributed by atoms with Gasteiger partial charge >= 0.3 is 5.97 Å². The molecule has 0 aliphatic heterocycles. The average Bonchev–Trinajstić information content (AvgIpc) is 2.42. The second-order valence-electron chi connectivity index (χ2n) is 6.25. The van der Waals surface area contributed by atoms with Gasteiger partial charge in [0.1, 0.15) is 11.4 Å². The van der Waals surface area contributed by atoms with E-state index >= 15 is 0 Å². The largest absolute Gasteiger partial charge is 0.482 e. The first-order valence-corrected chi connectivity index (χ1v) is 7.61. The SMILES string of the molecule is CC(C)(C)OC(=O)COc1cccc2c1CCC[C@H]2NCl. The van der Waals surface area contributed by atoms with Gasteiger partial charge in [-0.2, -0.15) is 0 Å². The van der Waals surface area contributed by atoms with E-state index in [1.165, 1.54) is 0 Å². The quantitative estimate of drug-likeness (QED) is 0.682. The second-order valence-corrected chi connectivity index (χ2v) is 6.47. The van der Waals surface area contributed by atoms with Crippen LogP contribution >= 0.6 is 11.8 Å². The number of benzene rings is 1. The fourth-order valence-electron chi connectivity index (χ4n) is 2.57. The van der Waals surface area contributed by atoms with E-state index in [2.05, 4.69) is 10.9 Å². The van der Waals surface area contributed by atoms with Crippen LogP contribution in [0, 0.1) is 0 Å². The number of carbonyl (C=O) groups is 1. The molecule has 5 heteroatoms. The van der Waals surface area contributed by atoms with Gasteiger partial charge in [-0.15, -0.1) is 0 Å². The molecule has 0 saturated carbocycles. The molecule has 0 bridgehead atoms. The zero-order valence-electron chi connectivity index (χ0n) is 12.7. The van der Waals surface area contributed by atoms with Crippen LogP contribution in [0.2, 0.25) is 0 Å². The molecule has 4 nitrogen and oxygen atoms in total. The third-order valence-corrected chi connectivity index (χ3v) is 3.62. The van der Waals surface area contributed by atoms with Gasteiger partial charge in [-0.25, -0.2) is 9.63 Å². The summed E-state index contributed by atoms with van der Waals surface area (Å²) in [5.74, 6) is 0.387. The molecule has 0 radical (unpaired) electrons. The predicted octanol–water partition coefficient (Wildman–Crippen LogP) is 3.53. The fraction of sp³-hybridized carbons (Fsp3) is 0.562. The molecular formula is C16H22ClNO3. The molecule has 0 unspecified atom stereocenters. The van der Waals surface area contributed by atoms with Gasteiger partial charge in [0, 0.05) is 6.04 Å². The van der Waals surface area contributed by atoms with E-state index in [-0.39, 0.29) is 18.6 Å². The van der Waals surface area contributed by atoms with Crippen molar-refractivity contribution >= 4 is 17.7 Å². The number of hydrogen-bond acceptors (Lipinski definition) is 4. The van der Waals surface area contributed by atoms with Crippen LogP contribution in [-0.2, 0) is 16.0 Å². The van der Waals surface area contributed by atoms with Gasteiger partial charge in [-0.05, 0) is 69.0 Å². The van der Waals surface area contributed by atoms with E-state index in [0.29, 0.717) is 0 Å². The van der Waals surface area contributed by atoms with E-state index in [1.807, 2.05) is 32.9 Å². The Morgan fingerprint density at radius 1 is 1.43 bits per heavy atom. The van der Waals surface area contributed by atoms with Crippen LogP contribution in [0.1, 0.15) is 50.8 Å². The molecule has 0 heterocycles. The Hall–Kier alpha value is -1.26. The number of rotatable bonds is 4. The van der Waals surface area contributed by atoms with Crippen molar-refractivity contribution in [2.45, 2.75) is 51.7 Å². The molecular weight excluding hydrogens is 290 g/mol. The van der Waals surface area contributed by atoms with Crippen molar-refractivity contribution in [2.75, 3.05) is 6.61 Å². The molecule has 21 heavy (non-hydrogen) atoms. The van der Waals surface area contributed by atoms with E-state index in [0.717, 1.165) is 36.1 Å². The molecule has 0 spiro atoms. The average molecular weight is 312 g/mol. The Morgan fingerprint density at radius 2 is 2.19 bits per heavy atom. The zero-order valence-corrected chi connectivity index (χ0v) is 13.5. The van der Waals surface area contributed by atoms with Gasteiger partial charge < -0.3 is 9.47 Å². The summed E-state index contributed by atoms with van der Waals surface area (Å²) in [6.45, 7) is 5.44. The van der Waals surface area contributed by atoms with Crippen molar-refractivity contribution in [3.63, 3.8) is 0 Å². The Kier molecular flexibility index (Phi) is 5.12. The highest BCUT2D eigenvalue weighted by Crippen LogP contribution is 2.35. The first-order valence-electron chi connectivity index (χ1n) is 7.23. The van der Waals surface area contributed by atoms with Crippen molar-refractivity contribution < 1.29 is 14.3 Å². The minimum Gasteiger partial charge on any atom is -0.482 e. The summed E-state index contributed by atoms with van der Waals surface area (Å²) in [5.41, 5.74) is 1.79. The van der Waals surface area contributed by atoms with Crippen molar-refractivity contribution in [3.8, 4) is 5.75 Å². The lowest BCUT2D eigenvalue weighted by Gasteiger charge is -2.26. The molecule has 0 amide bonds. The molecule has 1 aliphatic rings. The van der Waals surface area contributed by atoms with Gasteiger partial charge in [0.05, 0.1) is 0 Å². The zero-order chi connectivity index (χ0) is 15.5. The van der Waals surface area contributed by atoms with E-state index in [4.69, 9.17) is 21.3 Å². The lowest BCUT2D eigenvalue weighted by atomic mass is 9.87. The molecule has 1 N–H and O–H groups in total. The predicted molar refractivity (Wildman–Crippen MR) is 82.4 cm³/mol. The highest BCUT2D eigenvalue weighted by molar-refractivity contribution is 6.13. The van der Waals surface area contributed by atoms with Gasteiger partial charge in [-0.3, -0.25) is 0 Å². The monoisotopic (exact) mass is 311 g/mol. The molecule has 0 saturated heterocycles. The van der Waals surface area contributed by atoms with Crippen molar-refractivity contribution in [2.24, 2.45) is 0 Å². The number of esters is 1. The number of hydrogen-bond donors (Lipinski definition) is 1. The lowest BCUT2D eigenvalue weighted by molar-refractivity contribution is -0.157. The van der Waals surface area contributed by atoms with Crippen LogP contribution in [0.5, 0.6) is 5.75 Å². The van der Waals surface area contributed by atoms with Crippen LogP contribution in [0.25, 0.3) is 0 Å². The van der Waals surface area contributed by atoms with Crippen LogP contribution in [0.15, 0.2) is 18.2 Å². The summed E-state index contributed by atoms with van der Waals surface area (Å²) in [5, 5.41) is 0. The topological polar surface area (TPSA) is 47.6 Å². The molecule has 2 rings (SSSR count). The van der Waals surface area contributed by atoms with Gasteiger partial charge in [-0.1, -0.05) is 12.1 Å². The number of nitrogens with one attached hydrogen (secondary N) is 1. The number of fused-ring (bicyclic) bond motifs is 1. The Bertz CT molecular complexity index is 511. The number of carbonyl (C=O) groups excluding carboxylic acids is 1. The standard InChI is InChI=1S/C16H22ClNO3/c1-16(2,3)21-15(19)10-20-14-9-5-6-11-12(14)7-4-8-13(11)18-17/h5-6,9,13,18H,4,7-8,10H2,1-3H3/t13-/m1/s1. The Morgan fingerprint density at radius 3 is 2.86 bits per heavy atom. The third-order valence-electron chi connectivity index (χ3n) is 3.36. The van der Waals surface area contributed by atoms with E-state index in [9.17, 15) is 4.79 Å². The summed E-state index contributed by atoms with van der Waals surface area (Å²) in [7, 11) is 0. The molecule has 116 valence electrons. The molecule has 1 aliphatic carbocycles. The van der Waals surface area contributed by atoms with Crippen LogP contribution < -0.4 is 9.57 Å². The smallest absolute Gasteiger partial charge is 0.344 e. The maximum Gasteiger partial charge on any atom is 0.344 e. The first kappa shape index (κ1) is 16.1. The second kappa shape index (κ2) is 6.67. The van der Waals surface area contributed by atoms with Crippen LogP contribution in [0.4, 0.5) is 0 Å². The maximum absolute atomic E-state index is 11.7. The van der Waals surface area contributed by atoms with Crippen LogP contribution in [0.3, 0.4) is 0 Å². The van der Waals surface area contributed by atoms with Gasteiger partial charge in [0.15, 0.2) is 6.61 Å². The minimum atomic E-state index is -0.496. The fourth-order valence-corrected chi connectivity index (χ4v) is 2.80. The first-order chi connectivity index (χ1) is 9.90. The minimum absolute atomic E-state index is 0.0767. The third kappa shape index (κ3) is 4.35. The maximum atomic E-state index is 11.7. The van der Waals surface area contributed by atoms with Gasteiger partial charge in [0.25, 0.3) is 0 Å². The summed E-state index contributed by atoms with van der Waals surface area (Å²) in [6.07, 6.45) is 2.99. The summed E-state index contributed by atoms with van der Waals surface area (Å²) < 4.78 is 10.9. The van der Waals surface area contributed by atoms with E-state index in [1.54, 1.807) is 0 Å². The molecule has 0 fully saturated rings. The molecule has 1 atom stereocenters. The summed E-state index contributed by atoms with van der Waals surface area (Å²) >= 11 is 5.80. The summed E-state index contributed by atoms with van der Waals surface area (Å²) in [6, 6.07) is 6.00. The van der Waals surface area contributed by atoms with Gasteiger partial charge in [0.2, 0.25) is 0 Å². The molecule has 1 aromatic carbocycles. The highest BCUT2D eigenvalue weighted by atomic mass is 35.5. The van der Waals surface area contributed by atoms with Crippen LogP contribution in [-0.4, -0.2) is 18.2 Å². The van der Waals surface area contributed by atoms with Crippen molar-refractivity contribution in [1.82, 2.24) is 4.84 Å². The molecule has 0 aromatic heterocycles. The Balaban J connectivity index is 2.06. The number of ether oxygens (including phenoxy) is 2. The summed E-state index contributed by atoms with van der Waals surface area (Å²) in [4.78, 5) is 14.5. The normalized spacial score (nSPS) is 18.0. The lowest BCUT2D eigenvalue weighted by Crippen LogP contribution is -2.27. The number of halogens is 1. The van der Waals surface area contributed by atoms with Crippen molar-refractivity contribution in [3.05, 3.63) is 29.3 Å².